The van der Waals surface area contributed by atoms with E-state index < -0.39 is 5.97 Å². The molecular formula is C21H24N2O4. The van der Waals surface area contributed by atoms with Crippen molar-refractivity contribution in [3.05, 3.63) is 59.7 Å². The lowest BCUT2D eigenvalue weighted by Gasteiger charge is -2.36. The van der Waals surface area contributed by atoms with E-state index in [2.05, 4.69) is 17.0 Å². The van der Waals surface area contributed by atoms with Gasteiger partial charge in [-0.1, -0.05) is 24.3 Å². The van der Waals surface area contributed by atoms with Crippen LogP contribution >= 0.6 is 0 Å². The SMILES string of the molecule is COc1cc(C(=O)OCC(=O)N2CCN(c3ccccc3)CC2)ccc1C. The molecule has 2 aromatic rings. The first-order chi connectivity index (χ1) is 13.1. The molecule has 0 aromatic heterocycles. The zero-order valence-electron chi connectivity index (χ0n) is 15.7. The Morgan fingerprint density at radius 1 is 1.00 bits per heavy atom. The Balaban J connectivity index is 1.49. The summed E-state index contributed by atoms with van der Waals surface area (Å²) in [5.74, 6) is -0.0764. The fraction of sp³-hybridized carbons (Fsp3) is 0.333. The molecule has 0 spiro atoms. The number of carbonyl (C=O) groups is 2. The van der Waals surface area contributed by atoms with E-state index in [1.54, 1.807) is 30.2 Å². The Kier molecular flexibility index (Phi) is 5.96. The molecule has 1 fully saturated rings. The number of hydrogen-bond acceptors (Lipinski definition) is 5. The molecule has 6 nitrogen and oxygen atoms in total. The highest BCUT2D eigenvalue weighted by atomic mass is 16.5. The molecule has 0 unspecified atom stereocenters. The van der Waals surface area contributed by atoms with Gasteiger partial charge in [-0.3, -0.25) is 4.79 Å². The number of carbonyl (C=O) groups excluding carboxylic acids is 2. The van der Waals surface area contributed by atoms with Gasteiger partial charge in [0.15, 0.2) is 6.61 Å². The van der Waals surface area contributed by atoms with Crippen molar-refractivity contribution in [2.24, 2.45) is 0 Å². The molecule has 27 heavy (non-hydrogen) atoms. The van der Waals surface area contributed by atoms with Crippen LogP contribution in [0.3, 0.4) is 0 Å². The van der Waals surface area contributed by atoms with E-state index in [0.29, 0.717) is 24.4 Å². The highest BCUT2D eigenvalue weighted by Gasteiger charge is 2.22. The zero-order valence-corrected chi connectivity index (χ0v) is 15.7. The number of esters is 1. The largest absolute Gasteiger partial charge is 0.496 e. The number of anilines is 1. The molecule has 1 heterocycles. The summed E-state index contributed by atoms with van der Waals surface area (Å²) < 4.78 is 10.4. The average Bonchev–Trinajstić information content (AvgIpc) is 2.73. The number of ether oxygens (including phenoxy) is 2. The lowest BCUT2D eigenvalue weighted by atomic mass is 10.1. The first-order valence-corrected chi connectivity index (χ1v) is 8.98. The topological polar surface area (TPSA) is 59.1 Å². The highest BCUT2D eigenvalue weighted by Crippen LogP contribution is 2.19. The van der Waals surface area contributed by atoms with Crippen molar-refractivity contribution in [2.45, 2.75) is 6.92 Å². The summed E-state index contributed by atoms with van der Waals surface area (Å²) >= 11 is 0. The number of methoxy groups -OCH3 is 1. The third kappa shape index (κ3) is 4.58. The van der Waals surface area contributed by atoms with Gasteiger partial charge in [-0.25, -0.2) is 4.79 Å². The minimum absolute atomic E-state index is 0.171. The Morgan fingerprint density at radius 2 is 1.70 bits per heavy atom. The standard InChI is InChI=1S/C21H24N2O4/c1-16-8-9-17(14-19(16)26-2)21(25)27-15-20(24)23-12-10-22(11-13-23)18-6-4-3-5-7-18/h3-9,14H,10-13,15H2,1-2H3. The van der Waals surface area contributed by atoms with Crippen molar-refractivity contribution in [1.29, 1.82) is 0 Å². The molecule has 142 valence electrons. The van der Waals surface area contributed by atoms with Gasteiger partial charge in [0.2, 0.25) is 0 Å². The zero-order chi connectivity index (χ0) is 19.2. The van der Waals surface area contributed by atoms with Crippen LogP contribution in [0.5, 0.6) is 5.75 Å². The van der Waals surface area contributed by atoms with E-state index in [9.17, 15) is 9.59 Å². The maximum absolute atomic E-state index is 12.4. The van der Waals surface area contributed by atoms with Crippen LogP contribution in [0.25, 0.3) is 0 Å². The Hall–Kier alpha value is -3.02. The first kappa shape index (κ1) is 18.8. The van der Waals surface area contributed by atoms with E-state index in [1.165, 1.54) is 0 Å². The van der Waals surface area contributed by atoms with Crippen LogP contribution in [-0.4, -0.2) is 56.7 Å². The third-order valence-corrected chi connectivity index (χ3v) is 4.72. The molecule has 1 saturated heterocycles. The minimum atomic E-state index is -0.524. The van der Waals surface area contributed by atoms with Gasteiger partial charge in [-0.05, 0) is 36.8 Å². The third-order valence-electron chi connectivity index (χ3n) is 4.72. The Labute approximate surface area is 159 Å². The second-order valence-electron chi connectivity index (χ2n) is 6.46. The maximum Gasteiger partial charge on any atom is 0.338 e. The number of para-hydroxylation sites is 1. The molecule has 0 aliphatic carbocycles. The van der Waals surface area contributed by atoms with Crippen molar-refractivity contribution in [3.63, 3.8) is 0 Å². The van der Waals surface area contributed by atoms with Gasteiger partial charge in [0.25, 0.3) is 5.91 Å². The van der Waals surface area contributed by atoms with Crippen molar-refractivity contribution < 1.29 is 19.1 Å². The highest BCUT2D eigenvalue weighted by molar-refractivity contribution is 5.91. The number of piperazine rings is 1. The lowest BCUT2D eigenvalue weighted by Crippen LogP contribution is -2.49. The number of hydrogen-bond donors (Lipinski definition) is 0. The van der Waals surface area contributed by atoms with Gasteiger partial charge >= 0.3 is 5.97 Å². The van der Waals surface area contributed by atoms with Crippen LogP contribution in [0.15, 0.2) is 48.5 Å². The summed E-state index contributed by atoms with van der Waals surface area (Å²) in [6, 6.07) is 15.2. The predicted molar refractivity (Wildman–Crippen MR) is 103 cm³/mol. The molecule has 0 bridgehead atoms. The number of benzene rings is 2. The van der Waals surface area contributed by atoms with E-state index in [0.717, 1.165) is 24.3 Å². The number of nitrogens with zero attached hydrogens (tertiary/aromatic N) is 2. The van der Waals surface area contributed by atoms with E-state index in [1.807, 2.05) is 25.1 Å². The van der Waals surface area contributed by atoms with Crippen LogP contribution in [-0.2, 0) is 9.53 Å². The molecule has 6 heteroatoms. The van der Waals surface area contributed by atoms with E-state index >= 15 is 0 Å². The second-order valence-corrected chi connectivity index (χ2v) is 6.46. The summed E-state index contributed by atoms with van der Waals surface area (Å²) in [4.78, 5) is 28.5. The molecule has 1 amide bonds. The summed E-state index contributed by atoms with van der Waals surface area (Å²) in [6.45, 7) is 4.40. The number of aryl methyl sites for hydroxylation is 1. The average molecular weight is 368 g/mol. The van der Waals surface area contributed by atoms with Crippen LogP contribution < -0.4 is 9.64 Å². The summed E-state index contributed by atoms with van der Waals surface area (Å²) in [5.41, 5.74) is 2.46. The monoisotopic (exact) mass is 368 g/mol. The fourth-order valence-electron chi connectivity index (χ4n) is 3.10. The summed E-state index contributed by atoms with van der Waals surface area (Å²) in [6.07, 6.45) is 0. The van der Waals surface area contributed by atoms with Crippen LogP contribution in [0, 0.1) is 6.92 Å². The van der Waals surface area contributed by atoms with Gasteiger partial charge < -0.3 is 19.3 Å². The van der Waals surface area contributed by atoms with Gasteiger partial charge in [0, 0.05) is 31.9 Å². The lowest BCUT2D eigenvalue weighted by molar-refractivity contribution is -0.134. The van der Waals surface area contributed by atoms with Gasteiger partial charge in [-0.15, -0.1) is 0 Å². The van der Waals surface area contributed by atoms with Crippen molar-refractivity contribution in [1.82, 2.24) is 4.90 Å². The number of rotatable bonds is 5. The number of amides is 1. The van der Waals surface area contributed by atoms with Gasteiger partial charge in [0.1, 0.15) is 5.75 Å². The molecule has 0 atom stereocenters. The molecular weight excluding hydrogens is 344 g/mol. The molecule has 0 radical (unpaired) electrons. The van der Waals surface area contributed by atoms with Crippen molar-refractivity contribution in [2.75, 3.05) is 44.8 Å². The quantitative estimate of drug-likeness (QED) is 0.759. The maximum atomic E-state index is 12.4. The van der Waals surface area contributed by atoms with Crippen LogP contribution in [0.2, 0.25) is 0 Å². The molecule has 0 N–H and O–H groups in total. The van der Waals surface area contributed by atoms with Crippen molar-refractivity contribution >= 4 is 17.6 Å². The fourth-order valence-corrected chi connectivity index (χ4v) is 3.10. The Morgan fingerprint density at radius 3 is 2.37 bits per heavy atom. The molecule has 0 saturated carbocycles. The summed E-state index contributed by atoms with van der Waals surface area (Å²) in [5, 5.41) is 0. The summed E-state index contributed by atoms with van der Waals surface area (Å²) in [7, 11) is 1.55. The van der Waals surface area contributed by atoms with Crippen LogP contribution in [0.1, 0.15) is 15.9 Å². The van der Waals surface area contributed by atoms with Crippen LogP contribution in [0.4, 0.5) is 5.69 Å². The smallest absolute Gasteiger partial charge is 0.338 e. The molecule has 1 aliphatic heterocycles. The normalized spacial score (nSPS) is 14.0. The molecule has 2 aromatic carbocycles. The molecule has 1 aliphatic rings. The van der Waals surface area contributed by atoms with E-state index in [-0.39, 0.29) is 12.5 Å². The second kappa shape index (κ2) is 8.58. The van der Waals surface area contributed by atoms with Gasteiger partial charge in [0.05, 0.1) is 12.7 Å². The van der Waals surface area contributed by atoms with E-state index in [4.69, 9.17) is 9.47 Å². The Bertz CT molecular complexity index is 799. The minimum Gasteiger partial charge on any atom is -0.496 e. The van der Waals surface area contributed by atoms with Crippen molar-refractivity contribution in [3.8, 4) is 5.75 Å². The predicted octanol–water partition coefficient (Wildman–Crippen LogP) is 2.51. The first-order valence-electron chi connectivity index (χ1n) is 8.98. The molecule has 3 rings (SSSR count). The van der Waals surface area contributed by atoms with Gasteiger partial charge in [-0.2, -0.15) is 0 Å².